The number of hydrogen-bond acceptors (Lipinski definition) is 2. The second-order valence-corrected chi connectivity index (χ2v) is 3.57. The minimum atomic E-state index is -0.0421. The molecule has 64 valence electrons. The van der Waals surface area contributed by atoms with Crippen molar-refractivity contribution in [1.82, 2.24) is 4.98 Å². The van der Waals surface area contributed by atoms with Gasteiger partial charge in [0, 0.05) is 12.0 Å². The lowest BCUT2D eigenvalue weighted by Gasteiger charge is -2.03. The molecule has 0 saturated heterocycles. The summed E-state index contributed by atoms with van der Waals surface area (Å²) in [5.74, 6) is 0.764. The first kappa shape index (κ1) is 7.87. The molecule has 0 fully saturated rings. The van der Waals surface area contributed by atoms with Crippen molar-refractivity contribution in [2.45, 2.75) is 18.7 Å². The molecule has 0 aliphatic carbocycles. The van der Waals surface area contributed by atoms with E-state index in [1.54, 1.807) is 0 Å². The van der Waals surface area contributed by atoms with Gasteiger partial charge in [-0.2, -0.15) is 0 Å². The minimum absolute atomic E-state index is 0.0421. The fraction of sp³-hybridized carbons (Fsp3) is 0.444. The number of nitrogens with zero attached hydrogens (tertiary/aromatic N) is 1. The van der Waals surface area contributed by atoms with E-state index in [1.807, 2.05) is 19.1 Å². The molecule has 0 radical (unpaired) electrons. The van der Waals surface area contributed by atoms with E-state index in [2.05, 4.69) is 4.98 Å². The average Bonchev–Trinajstić information content (AvgIpc) is 2.49. The van der Waals surface area contributed by atoms with Crippen LogP contribution in [0.1, 0.15) is 23.6 Å². The van der Waals surface area contributed by atoms with Crippen molar-refractivity contribution in [2.75, 3.05) is 6.61 Å². The molecule has 2 heterocycles. The maximum atomic E-state index is 5.89. The van der Waals surface area contributed by atoms with E-state index in [9.17, 15) is 0 Å². The van der Waals surface area contributed by atoms with Gasteiger partial charge >= 0.3 is 0 Å². The average molecular weight is 184 g/mol. The number of rotatable bonds is 1. The Bertz CT molecular complexity index is 299. The lowest BCUT2D eigenvalue weighted by molar-refractivity contribution is 0.344. The van der Waals surface area contributed by atoms with E-state index < -0.39 is 0 Å². The summed E-state index contributed by atoms with van der Waals surface area (Å²) in [6.45, 7) is 2.66. The molecule has 12 heavy (non-hydrogen) atoms. The highest BCUT2D eigenvalue weighted by atomic mass is 35.5. The highest BCUT2D eigenvalue weighted by Gasteiger charge is 2.14. The Morgan fingerprint density at radius 2 is 2.42 bits per heavy atom. The number of alkyl halides is 1. The third-order valence-corrected chi connectivity index (χ3v) is 2.20. The first-order chi connectivity index (χ1) is 5.77. The quantitative estimate of drug-likeness (QED) is 0.624. The number of aromatic nitrogens is 1. The van der Waals surface area contributed by atoms with Gasteiger partial charge in [0.1, 0.15) is 0 Å². The van der Waals surface area contributed by atoms with Gasteiger partial charge in [-0.25, -0.2) is 4.98 Å². The summed E-state index contributed by atoms with van der Waals surface area (Å²) >= 11 is 5.89. The second kappa shape index (κ2) is 2.94. The Balaban J connectivity index is 2.39. The molecule has 1 atom stereocenters. The Hall–Kier alpha value is -0.760. The molecule has 3 heteroatoms. The van der Waals surface area contributed by atoms with Crippen LogP contribution in [0.4, 0.5) is 0 Å². The number of pyridine rings is 1. The second-order valence-electron chi connectivity index (χ2n) is 2.91. The van der Waals surface area contributed by atoms with Crippen LogP contribution in [0.2, 0.25) is 0 Å². The molecular weight excluding hydrogens is 174 g/mol. The van der Waals surface area contributed by atoms with Gasteiger partial charge in [-0.3, -0.25) is 0 Å². The predicted octanol–water partition coefficient (Wildman–Crippen LogP) is 2.32. The molecule has 1 aliphatic heterocycles. The summed E-state index contributed by atoms with van der Waals surface area (Å²) in [6.07, 6.45) is 0.972. The highest BCUT2D eigenvalue weighted by molar-refractivity contribution is 6.20. The lowest BCUT2D eigenvalue weighted by atomic mass is 10.2. The van der Waals surface area contributed by atoms with Crippen molar-refractivity contribution in [3.05, 3.63) is 23.4 Å². The van der Waals surface area contributed by atoms with Crippen LogP contribution in [-0.2, 0) is 6.42 Å². The maximum Gasteiger partial charge on any atom is 0.216 e. The topological polar surface area (TPSA) is 22.1 Å². The van der Waals surface area contributed by atoms with Gasteiger partial charge < -0.3 is 4.74 Å². The number of halogens is 1. The van der Waals surface area contributed by atoms with Crippen LogP contribution in [-0.4, -0.2) is 11.6 Å². The number of fused-ring (bicyclic) bond motifs is 1. The Kier molecular flexibility index (Phi) is 1.93. The SMILES string of the molecule is CC(Cl)c1ccc2c(n1)OCC2. The summed E-state index contributed by atoms with van der Waals surface area (Å²) in [7, 11) is 0. The summed E-state index contributed by atoms with van der Waals surface area (Å²) in [5.41, 5.74) is 2.08. The normalized spacial score (nSPS) is 16.8. The van der Waals surface area contributed by atoms with Gasteiger partial charge in [0.15, 0.2) is 0 Å². The highest BCUT2D eigenvalue weighted by Crippen LogP contribution is 2.26. The Labute approximate surface area is 76.5 Å². The molecule has 0 N–H and O–H groups in total. The molecule has 2 nitrogen and oxygen atoms in total. The van der Waals surface area contributed by atoms with Gasteiger partial charge in [-0.05, 0) is 13.0 Å². The van der Waals surface area contributed by atoms with Crippen LogP contribution < -0.4 is 4.74 Å². The maximum absolute atomic E-state index is 5.89. The van der Waals surface area contributed by atoms with E-state index in [4.69, 9.17) is 16.3 Å². The molecule has 1 unspecified atom stereocenters. The molecule has 0 amide bonds. The zero-order chi connectivity index (χ0) is 8.55. The van der Waals surface area contributed by atoms with Crippen LogP contribution >= 0.6 is 11.6 Å². The van der Waals surface area contributed by atoms with Gasteiger partial charge in [0.05, 0.1) is 17.7 Å². The molecule has 1 aliphatic rings. The van der Waals surface area contributed by atoms with Crippen LogP contribution in [0.25, 0.3) is 0 Å². The van der Waals surface area contributed by atoms with E-state index in [0.29, 0.717) is 0 Å². The zero-order valence-electron chi connectivity index (χ0n) is 6.88. The predicted molar refractivity (Wildman–Crippen MR) is 47.7 cm³/mol. The van der Waals surface area contributed by atoms with Gasteiger partial charge in [0.2, 0.25) is 5.88 Å². The van der Waals surface area contributed by atoms with Crippen molar-refractivity contribution in [1.29, 1.82) is 0 Å². The van der Waals surface area contributed by atoms with Crippen molar-refractivity contribution in [2.24, 2.45) is 0 Å². The molecule has 1 aromatic heterocycles. The summed E-state index contributed by atoms with van der Waals surface area (Å²) in [6, 6.07) is 4.01. The number of ether oxygens (including phenoxy) is 1. The largest absolute Gasteiger partial charge is 0.477 e. The molecule has 1 aromatic rings. The van der Waals surface area contributed by atoms with E-state index in [-0.39, 0.29) is 5.38 Å². The standard InChI is InChI=1S/C9H10ClNO/c1-6(10)8-3-2-7-4-5-12-9(7)11-8/h2-3,6H,4-5H2,1H3. The fourth-order valence-electron chi connectivity index (χ4n) is 1.28. The lowest BCUT2D eigenvalue weighted by Crippen LogP contribution is -1.93. The summed E-state index contributed by atoms with van der Waals surface area (Å²) < 4.78 is 5.32. The van der Waals surface area contributed by atoms with Crippen LogP contribution in [0.3, 0.4) is 0 Å². The Morgan fingerprint density at radius 3 is 3.17 bits per heavy atom. The molecule has 2 rings (SSSR count). The van der Waals surface area contributed by atoms with Gasteiger partial charge in [-0.15, -0.1) is 11.6 Å². The fourth-order valence-corrected chi connectivity index (χ4v) is 1.40. The summed E-state index contributed by atoms with van der Waals surface area (Å²) in [5, 5.41) is -0.0421. The first-order valence-electron chi connectivity index (χ1n) is 4.04. The van der Waals surface area contributed by atoms with Crippen LogP contribution in [0.15, 0.2) is 12.1 Å². The zero-order valence-corrected chi connectivity index (χ0v) is 7.64. The van der Waals surface area contributed by atoms with Gasteiger partial charge in [0.25, 0.3) is 0 Å². The molecule has 0 bridgehead atoms. The van der Waals surface area contributed by atoms with Crippen molar-refractivity contribution in [3.8, 4) is 5.88 Å². The van der Waals surface area contributed by atoms with E-state index >= 15 is 0 Å². The monoisotopic (exact) mass is 183 g/mol. The molecular formula is C9H10ClNO. The third kappa shape index (κ3) is 1.27. The minimum Gasteiger partial charge on any atom is -0.477 e. The number of hydrogen-bond donors (Lipinski definition) is 0. The first-order valence-corrected chi connectivity index (χ1v) is 4.47. The summed E-state index contributed by atoms with van der Waals surface area (Å²) in [4.78, 5) is 4.30. The van der Waals surface area contributed by atoms with Crippen molar-refractivity contribution < 1.29 is 4.74 Å². The molecule has 0 saturated carbocycles. The Morgan fingerprint density at radius 1 is 1.58 bits per heavy atom. The van der Waals surface area contributed by atoms with E-state index in [0.717, 1.165) is 24.6 Å². The molecule has 0 spiro atoms. The van der Waals surface area contributed by atoms with Crippen molar-refractivity contribution >= 4 is 11.6 Å². The van der Waals surface area contributed by atoms with E-state index in [1.165, 1.54) is 5.56 Å². The van der Waals surface area contributed by atoms with Gasteiger partial charge in [-0.1, -0.05) is 6.07 Å². The van der Waals surface area contributed by atoms with Crippen LogP contribution in [0.5, 0.6) is 5.88 Å². The third-order valence-electron chi connectivity index (χ3n) is 1.98. The van der Waals surface area contributed by atoms with Crippen molar-refractivity contribution in [3.63, 3.8) is 0 Å². The van der Waals surface area contributed by atoms with Crippen LogP contribution in [0, 0.1) is 0 Å². The molecule has 0 aromatic carbocycles. The smallest absolute Gasteiger partial charge is 0.216 e.